The standard InChI is InChI=1S/C23H22N2O2/c26-22(21-12-6-10-17-7-4-5-11-20(17)21)24-19-13-15-25(16-14-19)23(27)18-8-2-1-3-9-18/h1-12,19H,13-16H2,(H,24,26). The second-order valence-electron chi connectivity index (χ2n) is 6.93. The van der Waals surface area contributed by atoms with Crippen molar-refractivity contribution in [3.05, 3.63) is 83.9 Å². The zero-order valence-corrected chi connectivity index (χ0v) is 15.1. The number of carbonyl (C=O) groups is 2. The molecule has 1 aliphatic rings. The molecule has 0 radical (unpaired) electrons. The van der Waals surface area contributed by atoms with Crippen molar-refractivity contribution in [2.75, 3.05) is 13.1 Å². The number of nitrogens with zero attached hydrogens (tertiary/aromatic N) is 1. The molecule has 1 N–H and O–H groups in total. The number of likely N-dealkylation sites (tertiary alicyclic amines) is 1. The molecule has 4 heteroatoms. The summed E-state index contributed by atoms with van der Waals surface area (Å²) in [5, 5.41) is 5.18. The summed E-state index contributed by atoms with van der Waals surface area (Å²) in [6.07, 6.45) is 1.55. The molecule has 0 aliphatic carbocycles. The van der Waals surface area contributed by atoms with Gasteiger partial charge in [0.25, 0.3) is 11.8 Å². The zero-order valence-electron chi connectivity index (χ0n) is 15.1. The van der Waals surface area contributed by atoms with Gasteiger partial charge in [-0.1, -0.05) is 54.6 Å². The Morgan fingerprint density at radius 2 is 1.48 bits per heavy atom. The van der Waals surface area contributed by atoms with E-state index in [1.54, 1.807) is 0 Å². The molecule has 4 rings (SSSR count). The Bertz CT molecular complexity index is 955. The highest BCUT2D eigenvalue weighted by atomic mass is 16.2. The van der Waals surface area contributed by atoms with Gasteiger partial charge in [-0.05, 0) is 41.8 Å². The van der Waals surface area contributed by atoms with Crippen LogP contribution in [0.3, 0.4) is 0 Å². The van der Waals surface area contributed by atoms with Crippen LogP contribution in [0.5, 0.6) is 0 Å². The quantitative estimate of drug-likeness (QED) is 0.773. The third kappa shape index (κ3) is 3.70. The van der Waals surface area contributed by atoms with Gasteiger partial charge in [0.2, 0.25) is 0 Å². The molecule has 0 atom stereocenters. The highest BCUT2D eigenvalue weighted by molar-refractivity contribution is 6.07. The Morgan fingerprint density at radius 1 is 0.815 bits per heavy atom. The van der Waals surface area contributed by atoms with E-state index in [0.717, 1.165) is 29.2 Å². The lowest BCUT2D eigenvalue weighted by atomic mass is 10.0. The van der Waals surface area contributed by atoms with E-state index in [4.69, 9.17) is 0 Å². The molecule has 0 aromatic heterocycles. The van der Waals surface area contributed by atoms with Gasteiger partial charge in [-0.25, -0.2) is 0 Å². The lowest BCUT2D eigenvalue weighted by Crippen LogP contribution is -2.46. The molecule has 0 saturated carbocycles. The highest BCUT2D eigenvalue weighted by Crippen LogP contribution is 2.20. The number of fused-ring (bicyclic) bond motifs is 1. The minimum Gasteiger partial charge on any atom is -0.349 e. The number of amides is 2. The fourth-order valence-electron chi connectivity index (χ4n) is 3.68. The van der Waals surface area contributed by atoms with Crippen LogP contribution in [-0.2, 0) is 0 Å². The van der Waals surface area contributed by atoms with Crippen LogP contribution in [0.2, 0.25) is 0 Å². The fraction of sp³-hybridized carbons (Fsp3) is 0.217. The molecule has 27 heavy (non-hydrogen) atoms. The summed E-state index contributed by atoms with van der Waals surface area (Å²) in [5.41, 5.74) is 1.42. The van der Waals surface area contributed by atoms with E-state index in [-0.39, 0.29) is 17.9 Å². The molecule has 1 heterocycles. The summed E-state index contributed by atoms with van der Waals surface area (Å²) < 4.78 is 0. The van der Waals surface area contributed by atoms with Crippen LogP contribution in [0.25, 0.3) is 10.8 Å². The van der Waals surface area contributed by atoms with Crippen molar-refractivity contribution in [1.82, 2.24) is 10.2 Å². The summed E-state index contributed by atoms with van der Waals surface area (Å²) >= 11 is 0. The molecular formula is C23H22N2O2. The smallest absolute Gasteiger partial charge is 0.253 e. The molecule has 136 valence electrons. The van der Waals surface area contributed by atoms with Crippen molar-refractivity contribution >= 4 is 22.6 Å². The molecular weight excluding hydrogens is 336 g/mol. The van der Waals surface area contributed by atoms with Crippen LogP contribution in [0.15, 0.2) is 72.8 Å². The Kier molecular flexibility index (Phi) is 4.88. The van der Waals surface area contributed by atoms with Crippen molar-refractivity contribution < 1.29 is 9.59 Å². The molecule has 1 fully saturated rings. The van der Waals surface area contributed by atoms with Crippen molar-refractivity contribution in [3.8, 4) is 0 Å². The predicted octanol–water partition coefficient (Wildman–Crippen LogP) is 3.87. The van der Waals surface area contributed by atoms with Gasteiger partial charge in [-0.3, -0.25) is 9.59 Å². The first-order chi connectivity index (χ1) is 13.2. The first-order valence-corrected chi connectivity index (χ1v) is 9.35. The molecule has 3 aromatic carbocycles. The van der Waals surface area contributed by atoms with E-state index in [0.29, 0.717) is 18.7 Å². The molecule has 0 unspecified atom stereocenters. The van der Waals surface area contributed by atoms with Crippen molar-refractivity contribution in [1.29, 1.82) is 0 Å². The summed E-state index contributed by atoms with van der Waals surface area (Å²) in [7, 11) is 0. The molecule has 4 nitrogen and oxygen atoms in total. The summed E-state index contributed by atoms with van der Waals surface area (Å²) in [6.45, 7) is 1.32. The van der Waals surface area contributed by atoms with Gasteiger partial charge in [0, 0.05) is 30.3 Å². The fourth-order valence-corrected chi connectivity index (χ4v) is 3.68. The lowest BCUT2D eigenvalue weighted by Gasteiger charge is -2.32. The number of carbonyl (C=O) groups excluding carboxylic acids is 2. The van der Waals surface area contributed by atoms with Crippen molar-refractivity contribution in [3.63, 3.8) is 0 Å². The summed E-state index contributed by atoms with van der Waals surface area (Å²) in [4.78, 5) is 27.2. The van der Waals surface area contributed by atoms with Gasteiger partial charge in [-0.2, -0.15) is 0 Å². The highest BCUT2D eigenvalue weighted by Gasteiger charge is 2.25. The van der Waals surface area contributed by atoms with E-state index in [2.05, 4.69) is 5.32 Å². The summed E-state index contributed by atoms with van der Waals surface area (Å²) in [5.74, 6) is 0.0223. The number of nitrogens with one attached hydrogen (secondary N) is 1. The number of hydrogen-bond acceptors (Lipinski definition) is 2. The molecule has 2 amide bonds. The molecule has 1 aliphatic heterocycles. The SMILES string of the molecule is O=C(NC1CCN(C(=O)c2ccccc2)CC1)c1cccc2ccccc12. The Hall–Kier alpha value is -3.14. The maximum atomic E-state index is 12.8. The number of rotatable bonds is 3. The van der Waals surface area contributed by atoms with Gasteiger partial charge in [0.1, 0.15) is 0 Å². The second kappa shape index (κ2) is 7.62. The molecule has 3 aromatic rings. The maximum absolute atomic E-state index is 12.8. The number of hydrogen-bond donors (Lipinski definition) is 1. The van der Waals surface area contributed by atoms with Crippen LogP contribution >= 0.6 is 0 Å². The third-order valence-corrected chi connectivity index (χ3v) is 5.17. The van der Waals surface area contributed by atoms with E-state index >= 15 is 0 Å². The average Bonchev–Trinajstić information content (AvgIpc) is 2.74. The van der Waals surface area contributed by atoms with Crippen LogP contribution in [0.1, 0.15) is 33.6 Å². The van der Waals surface area contributed by atoms with Crippen molar-refractivity contribution in [2.24, 2.45) is 0 Å². The Morgan fingerprint density at radius 3 is 2.26 bits per heavy atom. The van der Waals surface area contributed by atoms with E-state index in [1.807, 2.05) is 77.7 Å². The third-order valence-electron chi connectivity index (χ3n) is 5.17. The normalized spacial score (nSPS) is 14.9. The topological polar surface area (TPSA) is 49.4 Å². The molecule has 0 bridgehead atoms. The lowest BCUT2D eigenvalue weighted by molar-refractivity contribution is 0.0698. The predicted molar refractivity (Wildman–Crippen MR) is 107 cm³/mol. The van der Waals surface area contributed by atoms with Gasteiger partial charge >= 0.3 is 0 Å². The van der Waals surface area contributed by atoms with Crippen LogP contribution in [0.4, 0.5) is 0 Å². The van der Waals surface area contributed by atoms with E-state index in [9.17, 15) is 9.59 Å². The zero-order chi connectivity index (χ0) is 18.6. The van der Waals surface area contributed by atoms with Gasteiger partial charge in [0.05, 0.1) is 0 Å². The molecule has 0 spiro atoms. The largest absolute Gasteiger partial charge is 0.349 e. The second-order valence-corrected chi connectivity index (χ2v) is 6.93. The maximum Gasteiger partial charge on any atom is 0.253 e. The average molecular weight is 358 g/mol. The Labute approximate surface area is 158 Å². The van der Waals surface area contributed by atoms with Gasteiger partial charge in [-0.15, -0.1) is 0 Å². The number of piperidine rings is 1. The van der Waals surface area contributed by atoms with Crippen LogP contribution in [0, 0.1) is 0 Å². The van der Waals surface area contributed by atoms with Crippen molar-refractivity contribution in [2.45, 2.75) is 18.9 Å². The monoisotopic (exact) mass is 358 g/mol. The molecule has 1 saturated heterocycles. The van der Waals surface area contributed by atoms with Crippen LogP contribution < -0.4 is 5.32 Å². The van der Waals surface area contributed by atoms with Gasteiger partial charge < -0.3 is 10.2 Å². The van der Waals surface area contributed by atoms with E-state index < -0.39 is 0 Å². The summed E-state index contributed by atoms with van der Waals surface area (Å²) in [6, 6.07) is 23.2. The first kappa shape index (κ1) is 17.3. The van der Waals surface area contributed by atoms with Crippen LogP contribution in [-0.4, -0.2) is 35.8 Å². The minimum absolute atomic E-state index is 0.0420. The first-order valence-electron chi connectivity index (χ1n) is 9.35. The Balaban J connectivity index is 1.39. The van der Waals surface area contributed by atoms with E-state index in [1.165, 1.54) is 0 Å². The number of benzene rings is 3. The minimum atomic E-state index is -0.0420. The van der Waals surface area contributed by atoms with Gasteiger partial charge in [0.15, 0.2) is 0 Å².